The van der Waals surface area contributed by atoms with Gasteiger partial charge in [0.25, 0.3) is 0 Å². The van der Waals surface area contributed by atoms with Gasteiger partial charge < -0.3 is 20.6 Å². The summed E-state index contributed by atoms with van der Waals surface area (Å²) in [5, 5.41) is 15.3. The zero-order chi connectivity index (χ0) is 23.2. The number of unbranched alkanes of at least 4 members (excludes halogenated alkanes) is 1. The number of carbonyl (C=O) groups excluding carboxylic acids is 3. The fraction of sp³-hybridized carbons (Fsp3) is 0.591. The summed E-state index contributed by atoms with van der Waals surface area (Å²) in [6, 6.07) is 4.68. The van der Waals surface area contributed by atoms with Crippen molar-refractivity contribution in [2.75, 3.05) is 25.5 Å². The van der Waals surface area contributed by atoms with Gasteiger partial charge in [0, 0.05) is 30.3 Å². The number of nitrogens with zero attached hydrogens (tertiary/aromatic N) is 1. The molecule has 174 valence electrons. The van der Waals surface area contributed by atoms with Crippen molar-refractivity contribution in [3.8, 4) is 0 Å². The number of thioether (sulfide) groups is 1. The van der Waals surface area contributed by atoms with Crippen LogP contribution >= 0.6 is 39.3 Å². The zero-order valence-electron chi connectivity index (χ0n) is 17.9. The number of fused-ring (bicyclic) bond motifs is 1. The number of anilines is 1. The van der Waals surface area contributed by atoms with E-state index in [1.54, 1.807) is 29.8 Å². The summed E-state index contributed by atoms with van der Waals surface area (Å²) in [5.74, 6) is -1.64. The molecule has 6 atom stereocenters. The summed E-state index contributed by atoms with van der Waals surface area (Å²) >= 11 is 11.7. The Hall–Kier alpha value is -1.29. The third kappa shape index (κ3) is 3.65. The second-order valence-corrected chi connectivity index (χ2v) is 11.8. The summed E-state index contributed by atoms with van der Waals surface area (Å²) in [6.07, 6.45) is 1.74. The molecule has 1 aromatic carbocycles. The first-order chi connectivity index (χ1) is 15.3. The number of amides is 3. The third-order valence-corrected chi connectivity index (χ3v) is 10.4. The van der Waals surface area contributed by atoms with E-state index in [0.717, 1.165) is 5.56 Å². The Kier molecular flexibility index (Phi) is 6.83. The van der Waals surface area contributed by atoms with E-state index in [-0.39, 0.29) is 34.4 Å². The lowest BCUT2D eigenvalue weighted by Gasteiger charge is -2.35. The molecular formula is C22H27BrClN3O4S. The molecule has 3 fully saturated rings. The van der Waals surface area contributed by atoms with Gasteiger partial charge in [0.05, 0.1) is 27.3 Å². The molecule has 0 saturated carbocycles. The molecule has 0 aromatic heterocycles. The highest BCUT2D eigenvalue weighted by Crippen LogP contribution is 2.67. The van der Waals surface area contributed by atoms with Gasteiger partial charge in [-0.25, -0.2) is 0 Å². The Morgan fingerprint density at radius 2 is 2.09 bits per heavy atom. The third-order valence-electron chi connectivity index (χ3n) is 6.86. The van der Waals surface area contributed by atoms with Crippen LogP contribution in [-0.4, -0.2) is 68.8 Å². The van der Waals surface area contributed by atoms with E-state index in [0.29, 0.717) is 36.5 Å². The Morgan fingerprint density at radius 1 is 1.34 bits per heavy atom. The zero-order valence-corrected chi connectivity index (χ0v) is 21.1. The second kappa shape index (κ2) is 9.16. The van der Waals surface area contributed by atoms with Crippen LogP contribution in [0, 0.1) is 18.8 Å². The minimum absolute atomic E-state index is 0.0213. The number of rotatable bonds is 7. The van der Waals surface area contributed by atoms with Crippen LogP contribution < -0.4 is 10.6 Å². The van der Waals surface area contributed by atoms with E-state index in [4.69, 9.17) is 11.6 Å². The fourth-order valence-electron chi connectivity index (χ4n) is 5.51. The number of aliphatic hydroxyl groups excluding tert-OH is 1. The standard InChI is InChI=1S/C22H27BrClN3O4S/c1-11-6-5-7-13(24)16(11)26-20(30)18-22-10-12(23)17(32-22)14(19(29)25-2)15(22)21(31)27(18)8-3-4-9-28/h5-7,12,14-15,17-18,28H,3-4,8-10H2,1-2H3,(H,25,29)(H,26,30)/t12?,14-,15-,17-,18?,22?/m0/s1. The van der Waals surface area contributed by atoms with Gasteiger partial charge in [0.15, 0.2) is 0 Å². The number of hydrogen-bond acceptors (Lipinski definition) is 5. The Balaban J connectivity index is 1.73. The minimum Gasteiger partial charge on any atom is -0.396 e. The lowest BCUT2D eigenvalue weighted by atomic mass is 9.70. The first-order valence-electron chi connectivity index (χ1n) is 10.8. The molecule has 0 aliphatic carbocycles. The van der Waals surface area contributed by atoms with Gasteiger partial charge in [-0.15, -0.1) is 11.8 Å². The molecule has 3 saturated heterocycles. The van der Waals surface area contributed by atoms with Gasteiger partial charge >= 0.3 is 0 Å². The molecule has 3 aliphatic rings. The Labute approximate surface area is 205 Å². The van der Waals surface area contributed by atoms with Crippen molar-refractivity contribution in [3.05, 3.63) is 28.8 Å². The average Bonchev–Trinajstić information content (AvgIpc) is 3.34. The van der Waals surface area contributed by atoms with E-state index >= 15 is 0 Å². The van der Waals surface area contributed by atoms with E-state index in [2.05, 4.69) is 26.6 Å². The number of aliphatic hydroxyl groups is 1. The summed E-state index contributed by atoms with van der Waals surface area (Å²) in [5.41, 5.74) is 1.37. The molecule has 1 aromatic rings. The lowest BCUT2D eigenvalue weighted by molar-refractivity contribution is -0.139. The van der Waals surface area contributed by atoms with E-state index in [1.165, 1.54) is 0 Å². The molecule has 0 radical (unpaired) electrons. The predicted molar refractivity (Wildman–Crippen MR) is 129 cm³/mol. The smallest absolute Gasteiger partial charge is 0.248 e. The van der Waals surface area contributed by atoms with Crippen LogP contribution in [0.5, 0.6) is 0 Å². The molecule has 3 aliphatic heterocycles. The maximum absolute atomic E-state index is 13.7. The average molecular weight is 545 g/mol. The topological polar surface area (TPSA) is 98.7 Å². The number of alkyl halides is 1. The maximum Gasteiger partial charge on any atom is 0.248 e. The van der Waals surface area contributed by atoms with Gasteiger partial charge in [-0.1, -0.05) is 39.7 Å². The maximum atomic E-state index is 13.7. The van der Waals surface area contributed by atoms with Crippen molar-refractivity contribution >= 4 is 62.7 Å². The number of hydrogen-bond donors (Lipinski definition) is 3. The number of para-hydroxylation sites is 1. The molecule has 4 rings (SSSR count). The van der Waals surface area contributed by atoms with Gasteiger partial charge in [-0.3, -0.25) is 14.4 Å². The van der Waals surface area contributed by atoms with Crippen molar-refractivity contribution in [2.45, 2.75) is 47.1 Å². The molecule has 1 spiro atoms. The van der Waals surface area contributed by atoms with Gasteiger partial charge in [0.2, 0.25) is 17.7 Å². The van der Waals surface area contributed by atoms with Crippen LogP contribution in [0.1, 0.15) is 24.8 Å². The Morgan fingerprint density at radius 3 is 2.75 bits per heavy atom. The quantitative estimate of drug-likeness (QED) is 0.362. The van der Waals surface area contributed by atoms with Crippen LogP contribution in [0.25, 0.3) is 0 Å². The normalized spacial score (nSPS) is 32.8. The molecule has 7 nitrogen and oxygen atoms in total. The highest BCUT2D eigenvalue weighted by atomic mass is 79.9. The van der Waals surface area contributed by atoms with Crippen molar-refractivity contribution < 1.29 is 19.5 Å². The van der Waals surface area contributed by atoms with Crippen LogP contribution in [0.15, 0.2) is 18.2 Å². The van der Waals surface area contributed by atoms with Crippen LogP contribution in [0.4, 0.5) is 5.69 Å². The number of benzene rings is 1. The predicted octanol–water partition coefficient (Wildman–Crippen LogP) is 2.57. The largest absolute Gasteiger partial charge is 0.396 e. The van der Waals surface area contributed by atoms with Crippen LogP contribution in [-0.2, 0) is 14.4 Å². The molecule has 3 unspecified atom stereocenters. The summed E-state index contributed by atoms with van der Waals surface area (Å²) in [7, 11) is 1.58. The molecular weight excluding hydrogens is 518 g/mol. The van der Waals surface area contributed by atoms with E-state index in [9.17, 15) is 19.5 Å². The molecule has 10 heteroatoms. The number of halogens is 2. The highest BCUT2D eigenvalue weighted by Gasteiger charge is 2.75. The fourth-order valence-corrected chi connectivity index (χ4v) is 9.40. The van der Waals surface area contributed by atoms with E-state index in [1.807, 2.05) is 19.1 Å². The Bertz CT molecular complexity index is 930. The van der Waals surface area contributed by atoms with Crippen molar-refractivity contribution in [1.29, 1.82) is 0 Å². The number of aryl methyl sites for hydroxylation is 1. The first kappa shape index (κ1) is 23.9. The highest BCUT2D eigenvalue weighted by molar-refractivity contribution is 9.09. The molecule has 3 N–H and O–H groups in total. The second-order valence-electron chi connectivity index (χ2n) is 8.66. The number of likely N-dealkylation sites (tertiary alicyclic amines) is 1. The minimum atomic E-state index is -0.723. The van der Waals surface area contributed by atoms with Crippen LogP contribution in [0.2, 0.25) is 5.02 Å². The summed E-state index contributed by atoms with van der Waals surface area (Å²) in [4.78, 5) is 41.9. The molecule has 3 heterocycles. The van der Waals surface area contributed by atoms with Gasteiger partial charge in [-0.2, -0.15) is 0 Å². The van der Waals surface area contributed by atoms with Crippen molar-refractivity contribution in [2.24, 2.45) is 11.8 Å². The summed E-state index contributed by atoms with van der Waals surface area (Å²) < 4.78 is -0.689. The molecule has 32 heavy (non-hydrogen) atoms. The first-order valence-corrected chi connectivity index (χ1v) is 12.9. The lowest BCUT2D eigenvalue weighted by Crippen LogP contribution is -2.53. The number of carbonyl (C=O) groups is 3. The van der Waals surface area contributed by atoms with E-state index < -0.39 is 22.6 Å². The van der Waals surface area contributed by atoms with Crippen LogP contribution in [0.3, 0.4) is 0 Å². The van der Waals surface area contributed by atoms with Gasteiger partial charge in [0.1, 0.15) is 6.04 Å². The number of nitrogens with one attached hydrogen (secondary N) is 2. The van der Waals surface area contributed by atoms with Crippen molar-refractivity contribution in [3.63, 3.8) is 0 Å². The van der Waals surface area contributed by atoms with Crippen molar-refractivity contribution in [1.82, 2.24) is 10.2 Å². The summed E-state index contributed by atoms with van der Waals surface area (Å²) in [6.45, 7) is 2.25. The molecule has 2 bridgehead atoms. The monoisotopic (exact) mass is 543 g/mol. The van der Waals surface area contributed by atoms with Gasteiger partial charge in [-0.05, 0) is 37.8 Å². The molecule has 3 amide bonds. The SMILES string of the molecule is CNC(=O)[C@H]1[C@H]2C(=O)N(CCCCO)C(C(=O)Nc3c(C)cccc3Cl)C23CC(Br)[C@@H]1S3.